The molecule has 0 atom stereocenters. The summed E-state index contributed by atoms with van der Waals surface area (Å²) in [6, 6.07) is 8.58. The Labute approximate surface area is 144 Å². The third kappa shape index (κ3) is 4.85. The molecule has 2 aromatic rings. The van der Waals surface area contributed by atoms with Crippen LogP contribution in [-0.2, 0) is 11.3 Å². The number of benzene rings is 1. The number of halogens is 1. The van der Waals surface area contributed by atoms with E-state index in [1.807, 2.05) is 0 Å². The van der Waals surface area contributed by atoms with Gasteiger partial charge in [0, 0.05) is 29.8 Å². The van der Waals surface area contributed by atoms with E-state index in [1.165, 1.54) is 24.3 Å². The zero-order valence-corrected chi connectivity index (χ0v) is 13.6. The molecule has 0 N–H and O–H groups in total. The van der Waals surface area contributed by atoms with Crippen LogP contribution in [-0.4, -0.2) is 23.3 Å². The highest BCUT2D eigenvalue weighted by atomic mass is 35.5. The van der Waals surface area contributed by atoms with Crippen molar-refractivity contribution in [3.8, 4) is 0 Å². The predicted molar refractivity (Wildman–Crippen MR) is 80.0 cm³/mol. The molecule has 8 heteroatoms. The molecule has 24 heavy (non-hydrogen) atoms. The topological polar surface area (TPSA) is 90.4 Å². The average Bonchev–Trinajstić information content (AvgIpc) is 2.55. The first-order valence-corrected chi connectivity index (χ1v) is 6.95. The molecule has 0 bridgehead atoms. The SMILES string of the molecule is CCOC(=O)c1cc[n+](CC(=O)c2ccc([N+](=O)[O-])cc2)cc1.[Cl-]. The second-order valence-corrected chi connectivity index (χ2v) is 4.71. The lowest BCUT2D eigenvalue weighted by molar-refractivity contribution is -0.683. The maximum atomic E-state index is 12.1. The lowest BCUT2D eigenvalue weighted by atomic mass is 10.1. The molecule has 0 aliphatic heterocycles. The molecule has 0 saturated heterocycles. The van der Waals surface area contributed by atoms with Crippen molar-refractivity contribution in [3.63, 3.8) is 0 Å². The van der Waals surface area contributed by atoms with Gasteiger partial charge in [-0.3, -0.25) is 14.9 Å². The van der Waals surface area contributed by atoms with Crippen LogP contribution >= 0.6 is 0 Å². The van der Waals surface area contributed by atoms with Gasteiger partial charge in [-0.25, -0.2) is 4.79 Å². The smallest absolute Gasteiger partial charge is 0.338 e. The summed E-state index contributed by atoms with van der Waals surface area (Å²) in [6.45, 7) is 2.09. The number of rotatable bonds is 6. The van der Waals surface area contributed by atoms with E-state index in [4.69, 9.17) is 4.74 Å². The maximum absolute atomic E-state index is 12.1. The van der Waals surface area contributed by atoms with E-state index in [9.17, 15) is 19.7 Å². The number of non-ortho nitro benzene ring substituents is 1. The van der Waals surface area contributed by atoms with E-state index in [-0.39, 0.29) is 30.4 Å². The van der Waals surface area contributed by atoms with Crippen molar-refractivity contribution in [3.05, 3.63) is 70.0 Å². The molecule has 1 heterocycles. The predicted octanol–water partition coefficient (Wildman–Crippen LogP) is -1.05. The van der Waals surface area contributed by atoms with Gasteiger partial charge in [0.1, 0.15) is 0 Å². The number of hydrogen-bond donors (Lipinski definition) is 0. The molecular weight excluding hydrogens is 336 g/mol. The fourth-order valence-corrected chi connectivity index (χ4v) is 1.94. The number of ketones is 1. The highest BCUT2D eigenvalue weighted by Crippen LogP contribution is 2.12. The van der Waals surface area contributed by atoms with Crippen molar-refractivity contribution in [2.24, 2.45) is 0 Å². The number of aromatic nitrogens is 1. The van der Waals surface area contributed by atoms with Crippen molar-refractivity contribution in [2.45, 2.75) is 13.5 Å². The van der Waals surface area contributed by atoms with Crippen molar-refractivity contribution in [1.29, 1.82) is 0 Å². The van der Waals surface area contributed by atoms with Gasteiger partial charge in [0.05, 0.1) is 17.1 Å². The van der Waals surface area contributed by atoms with Gasteiger partial charge >= 0.3 is 5.97 Å². The summed E-state index contributed by atoms with van der Waals surface area (Å²) in [7, 11) is 0. The van der Waals surface area contributed by atoms with Crippen molar-refractivity contribution in [1.82, 2.24) is 0 Å². The first kappa shape index (κ1) is 19.2. The van der Waals surface area contributed by atoms with Crippen LogP contribution in [0.3, 0.4) is 0 Å². The molecule has 0 aliphatic carbocycles. The van der Waals surface area contributed by atoms with Crippen LogP contribution in [0.5, 0.6) is 0 Å². The number of ether oxygens (including phenoxy) is 1. The number of Topliss-reactive ketones (excluding diaryl/α,β-unsaturated/α-hetero) is 1. The Hall–Kier alpha value is -2.80. The molecule has 0 spiro atoms. The number of nitro groups is 1. The van der Waals surface area contributed by atoms with E-state index >= 15 is 0 Å². The third-order valence-corrected chi connectivity index (χ3v) is 3.13. The summed E-state index contributed by atoms with van der Waals surface area (Å²) in [5, 5.41) is 10.6. The maximum Gasteiger partial charge on any atom is 0.338 e. The molecule has 2 rings (SSSR count). The molecule has 0 amide bonds. The first-order valence-electron chi connectivity index (χ1n) is 6.95. The van der Waals surface area contributed by atoms with Crippen LogP contribution < -0.4 is 17.0 Å². The number of nitrogens with zero attached hydrogens (tertiary/aromatic N) is 2. The third-order valence-electron chi connectivity index (χ3n) is 3.13. The molecule has 0 aliphatic rings. The summed E-state index contributed by atoms with van der Waals surface area (Å²) >= 11 is 0. The fourth-order valence-electron chi connectivity index (χ4n) is 1.94. The fraction of sp³-hybridized carbons (Fsp3) is 0.188. The van der Waals surface area contributed by atoms with Gasteiger partial charge in [0.15, 0.2) is 12.4 Å². The second kappa shape index (κ2) is 8.73. The molecule has 1 aromatic heterocycles. The highest BCUT2D eigenvalue weighted by molar-refractivity contribution is 5.95. The molecule has 0 fully saturated rings. The normalized spacial score (nSPS) is 9.71. The molecule has 126 valence electrons. The van der Waals surface area contributed by atoms with E-state index < -0.39 is 10.9 Å². The Morgan fingerprint density at radius 3 is 2.17 bits per heavy atom. The van der Waals surface area contributed by atoms with Gasteiger partial charge in [0.25, 0.3) is 5.69 Å². The van der Waals surface area contributed by atoms with Gasteiger partial charge in [0.2, 0.25) is 12.3 Å². The van der Waals surface area contributed by atoms with Gasteiger partial charge in [-0.15, -0.1) is 0 Å². The Kier molecular flexibility index (Phi) is 7.00. The van der Waals surface area contributed by atoms with Crippen LogP contribution in [0.15, 0.2) is 48.8 Å². The van der Waals surface area contributed by atoms with Gasteiger partial charge in [-0.2, -0.15) is 4.57 Å². The Morgan fingerprint density at radius 2 is 1.67 bits per heavy atom. The largest absolute Gasteiger partial charge is 1.00 e. The average molecular weight is 351 g/mol. The molecule has 0 unspecified atom stereocenters. The van der Waals surface area contributed by atoms with Gasteiger partial charge < -0.3 is 17.1 Å². The van der Waals surface area contributed by atoms with Crippen LogP contribution in [0.25, 0.3) is 0 Å². The van der Waals surface area contributed by atoms with E-state index in [1.54, 1.807) is 36.0 Å². The van der Waals surface area contributed by atoms with E-state index in [0.717, 1.165) is 0 Å². The summed E-state index contributed by atoms with van der Waals surface area (Å²) < 4.78 is 6.50. The number of esters is 1. The zero-order valence-electron chi connectivity index (χ0n) is 12.8. The Balaban J connectivity index is 0.00000288. The minimum Gasteiger partial charge on any atom is -1.00 e. The molecular formula is C16H15ClN2O5. The number of pyridine rings is 1. The monoisotopic (exact) mass is 350 g/mol. The van der Waals surface area contributed by atoms with Gasteiger partial charge in [-0.05, 0) is 19.1 Å². The Bertz CT molecular complexity index is 729. The van der Waals surface area contributed by atoms with E-state index in [2.05, 4.69) is 0 Å². The quantitative estimate of drug-likeness (QED) is 0.218. The van der Waals surface area contributed by atoms with Crippen molar-refractivity contribution in [2.75, 3.05) is 6.61 Å². The van der Waals surface area contributed by atoms with Crippen LogP contribution in [0.4, 0.5) is 5.69 Å². The summed E-state index contributed by atoms with van der Waals surface area (Å²) in [5.41, 5.74) is 0.733. The number of carbonyl (C=O) groups is 2. The first-order chi connectivity index (χ1) is 11.0. The molecule has 1 aromatic carbocycles. The number of nitro benzene ring substituents is 1. The van der Waals surface area contributed by atoms with Crippen LogP contribution in [0.1, 0.15) is 27.6 Å². The summed E-state index contributed by atoms with van der Waals surface area (Å²) in [5.74, 6) is -0.602. The number of carbonyl (C=O) groups excluding carboxylic acids is 2. The lowest BCUT2D eigenvalue weighted by Crippen LogP contribution is -3.00. The Morgan fingerprint density at radius 1 is 1.08 bits per heavy atom. The zero-order chi connectivity index (χ0) is 16.8. The van der Waals surface area contributed by atoms with Crippen molar-refractivity contribution >= 4 is 17.4 Å². The lowest BCUT2D eigenvalue weighted by Gasteiger charge is -2.01. The second-order valence-electron chi connectivity index (χ2n) is 4.71. The molecule has 7 nitrogen and oxygen atoms in total. The number of hydrogen-bond acceptors (Lipinski definition) is 5. The standard InChI is InChI=1S/C16H15N2O5.ClH/c1-2-23-16(20)13-7-9-17(10-8-13)11-15(19)12-3-5-14(6-4-12)18(21)22;/h3-10H,2,11H2,1H3;1H/q+1;/p-1. The van der Waals surface area contributed by atoms with Crippen molar-refractivity contribution < 1.29 is 36.2 Å². The molecule has 0 radical (unpaired) electrons. The minimum atomic E-state index is -0.517. The molecule has 0 saturated carbocycles. The summed E-state index contributed by atoms with van der Waals surface area (Å²) in [6.07, 6.45) is 3.21. The van der Waals surface area contributed by atoms with E-state index in [0.29, 0.717) is 17.7 Å². The minimum absolute atomic E-state index is 0. The highest BCUT2D eigenvalue weighted by Gasteiger charge is 2.15. The van der Waals surface area contributed by atoms with Crippen LogP contribution in [0, 0.1) is 10.1 Å². The van der Waals surface area contributed by atoms with Gasteiger partial charge in [-0.1, -0.05) is 0 Å². The van der Waals surface area contributed by atoms with Crippen LogP contribution in [0.2, 0.25) is 0 Å². The summed E-state index contributed by atoms with van der Waals surface area (Å²) in [4.78, 5) is 33.7.